The van der Waals surface area contributed by atoms with Gasteiger partial charge in [-0.05, 0) is 44.0 Å². The Kier molecular flexibility index (Phi) is 3.73. The molecule has 6 nitrogen and oxygen atoms in total. The highest BCUT2D eigenvalue weighted by atomic mass is 32.2. The summed E-state index contributed by atoms with van der Waals surface area (Å²) in [5, 5.41) is 3.73. The maximum Gasteiger partial charge on any atom is 0.243 e. The average molecular weight is 325 g/mol. The fraction of sp³-hybridized carbons (Fsp3) is 0.429. The first-order chi connectivity index (χ1) is 10.4. The third kappa shape index (κ3) is 2.64. The van der Waals surface area contributed by atoms with Crippen LogP contribution in [0.25, 0.3) is 0 Å². The number of nitrogens with zero attached hydrogens (tertiary/aromatic N) is 3. The van der Waals surface area contributed by atoms with Crippen LogP contribution >= 0.6 is 0 Å². The molecule has 8 heteroatoms. The molecule has 1 aliphatic rings. The minimum Gasteiger partial charge on any atom is -0.339 e. The van der Waals surface area contributed by atoms with Gasteiger partial charge in [-0.3, -0.25) is 0 Å². The molecule has 0 N–H and O–H groups in total. The summed E-state index contributed by atoms with van der Waals surface area (Å²) in [6, 6.07) is 3.70. The third-order valence-electron chi connectivity index (χ3n) is 3.80. The summed E-state index contributed by atoms with van der Waals surface area (Å²) in [5.74, 6) is 0.450. The summed E-state index contributed by atoms with van der Waals surface area (Å²) < 4.78 is 45.0. The number of hydrogen-bond donors (Lipinski definition) is 0. The van der Waals surface area contributed by atoms with Crippen LogP contribution in [0.3, 0.4) is 0 Å². The average Bonchev–Trinajstić information content (AvgIpc) is 3.06. The first-order valence-electron chi connectivity index (χ1n) is 6.94. The molecule has 0 amide bonds. The zero-order chi connectivity index (χ0) is 15.9. The van der Waals surface area contributed by atoms with Crippen LogP contribution < -0.4 is 0 Å². The second kappa shape index (κ2) is 5.44. The Hall–Kier alpha value is -1.80. The van der Waals surface area contributed by atoms with E-state index in [-0.39, 0.29) is 10.8 Å². The Morgan fingerprint density at radius 2 is 2.14 bits per heavy atom. The first kappa shape index (κ1) is 15.1. The van der Waals surface area contributed by atoms with Gasteiger partial charge in [-0.15, -0.1) is 0 Å². The summed E-state index contributed by atoms with van der Waals surface area (Å²) in [6.45, 7) is 3.98. The largest absolute Gasteiger partial charge is 0.339 e. The molecule has 0 spiro atoms. The van der Waals surface area contributed by atoms with Crippen molar-refractivity contribution in [2.75, 3.05) is 13.1 Å². The number of hydrogen-bond acceptors (Lipinski definition) is 5. The van der Waals surface area contributed by atoms with Crippen LogP contribution in [0.15, 0.2) is 27.6 Å². The van der Waals surface area contributed by atoms with Gasteiger partial charge in [0.1, 0.15) is 5.82 Å². The highest BCUT2D eigenvalue weighted by Gasteiger charge is 2.36. The maximum absolute atomic E-state index is 13.2. The molecule has 2 aromatic rings. The molecule has 1 atom stereocenters. The van der Waals surface area contributed by atoms with Crippen LogP contribution in [-0.2, 0) is 10.0 Å². The van der Waals surface area contributed by atoms with Crippen LogP contribution in [0.1, 0.15) is 29.6 Å². The topological polar surface area (TPSA) is 76.3 Å². The molecule has 1 aromatic carbocycles. The lowest BCUT2D eigenvalue weighted by atomic mass is 10.1. The molecule has 1 unspecified atom stereocenters. The molecule has 1 fully saturated rings. The summed E-state index contributed by atoms with van der Waals surface area (Å²) >= 11 is 0. The molecule has 118 valence electrons. The van der Waals surface area contributed by atoms with Gasteiger partial charge in [0.2, 0.25) is 15.9 Å². The number of rotatable bonds is 3. The maximum atomic E-state index is 13.2. The van der Waals surface area contributed by atoms with E-state index in [1.54, 1.807) is 13.8 Å². The predicted octanol–water partition coefficient (Wildman–Crippen LogP) is 2.00. The van der Waals surface area contributed by atoms with Gasteiger partial charge in [0, 0.05) is 13.1 Å². The fourth-order valence-electron chi connectivity index (χ4n) is 2.67. The summed E-state index contributed by atoms with van der Waals surface area (Å²) in [6.07, 6.45) is 0.626. The standard InChI is InChI=1S/C14H16FN3O3S/c1-9-7-12(15)3-4-13(9)22(19,20)18-6-5-11(8-18)14-16-10(2)17-21-14/h3-4,7,11H,5-6,8H2,1-2H3. The Morgan fingerprint density at radius 1 is 1.36 bits per heavy atom. The van der Waals surface area contributed by atoms with Gasteiger partial charge in [-0.2, -0.15) is 9.29 Å². The Balaban J connectivity index is 1.85. The number of benzene rings is 1. The minimum absolute atomic E-state index is 0.100. The SMILES string of the molecule is Cc1noc(C2CCN(S(=O)(=O)c3ccc(F)cc3C)C2)n1. The van der Waals surface area contributed by atoms with Crippen molar-refractivity contribution >= 4 is 10.0 Å². The van der Waals surface area contributed by atoms with Gasteiger partial charge in [-0.25, -0.2) is 12.8 Å². The van der Waals surface area contributed by atoms with Crippen molar-refractivity contribution in [1.29, 1.82) is 0 Å². The van der Waals surface area contributed by atoms with Gasteiger partial charge in [0.15, 0.2) is 5.82 Å². The van der Waals surface area contributed by atoms with Gasteiger partial charge >= 0.3 is 0 Å². The second-order valence-corrected chi connectivity index (χ2v) is 7.34. The van der Waals surface area contributed by atoms with E-state index in [0.29, 0.717) is 36.8 Å². The molecule has 1 saturated heterocycles. The smallest absolute Gasteiger partial charge is 0.243 e. The van der Waals surface area contributed by atoms with E-state index < -0.39 is 15.8 Å². The van der Waals surface area contributed by atoms with Crippen molar-refractivity contribution < 1.29 is 17.3 Å². The van der Waals surface area contributed by atoms with Crippen LogP contribution in [0.5, 0.6) is 0 Å². The van der Waals surface area contributed by atoms with E-state index in [9.17, 15) is 12.8 Å². The number of aromatic nitrogens is 2. The molecule has 3 rings (SSSR count). The normalized spacial score (nSPS) is 19.7. The van der Waals surface area contributed by atoms with Crippen molar-refractivity contribution in [2.24, 2.45) is 0 Å². The molecule has 1 aliphatic heterocycles. The molecular formula is C14H16FN3O3S. The molecule has 1 aromatic heterocycles. The Labute approximate surface area is 128 Å². The summed E-state index contributed by atoms with van der Waals surface area (Å²) in [5.41, 5.74) is 0.400. The van der Waals surface area contributed by atoms with Crippen molar-refractivity contribution in [3.05, 3.63) is 41.3 Å². The van der Waals surface area contributed by atoms with Crippen molar-refractivity contribution in [1.82, 2.24) is 14.4 Å². The van der Waals surface area contributed by atoms with E-state index in [1.165, 1.54) is 16.4 Å². The molecule has 0 radical (unpaired) electrons. The highest BCUT2D eigenvalue weighted by molar-refractivity contribution is 7.89. The first-order valence-corrected chi connectivity index (χ1v) is 8.38. The van der Waals surface area contributed by atoms with E-state index >= 15 is 0 Å². The van der Waals surface area contributed by atoms with Crippen LogP contribution in [0.2, 0.25) is 0 Å². The van der Waals surface area contributed by atoms with E-state index in [1.807, 2.05) is 0 Å². The quantitative estimate of drug-likeness (QED) is 0.863. The third-order valence-corrected chi connectivity index (χ3v) is 5.82. The molecule has 2 heterocycles. The zero-order valence-electron chi connectivity index (χ0n) is 12.3. The van der Waals surface area contributed by atoms with E-state index in [2.05, 4.69) is 10.1 Å². The zero-order valence-corrected chi connectivity index (χ0v) is 13.1. The summed E-state index contributed by atoms with van der Waals surface area (Å²) in [7, 11) is -3.64. The Bertz CT molecular complexity index is 803. The lowest BCUT2D eigenvalue weighted by molar-refractivity contribution is 0.351. The van der Waals surface area contributed by atoms with Gasteiger partial charge in [0.05, 0.1) is 10.8 Å². The lowest BCUT2D eigenvalue weighted by Gasteiger charge is -2.17. The van der Waals surface area contributed by atoms with Crippen LogP contribution in [0, 0.1) is 19.7 Å². The minimum atomic E-state index is -3.64. The molecule has 0 bridgehead atoms. The molecule has 22 heavy (non-hydrogen) atoms. The van der Waals surface area contributed by atoms with Gasteiger partial charge in [-0.1, -0.05) is 5.16 Å². The van der Waals surface area contributed by atoms with Crippen molar-refractivity contribution in [3.8, 4) is 0 Å². The predicted molar refractivity (Wildman–Crippen MR) is 76.3 cm³/mol. The molecular weight excluding hydrogens is 309 g/mol. The van der Waals surface area contributed by atoms with E-state index in [0.717, 1.165) is 6.07 Å². The molecule has 0 aliphatic carbocycles. The lowest BCUT2D eigenvalue weighted by Crippen LogP contribution is -2.29. The van der Waals surface area contributed by atoms with Crippen LogP contribution in [0.4, 0.5) is 4.39 Å². The highest BCUT2D eigenvalue weighted by Crippen LogP contribution is 2.31. The van der Waals surface area contributed by atoms with Crippen molar-refractivity contribution in [3.63, 3.8) is 0 Å². The van der Waals surface area contributed by atoms with Gasteiger partial charge < -0.3 is 4.52 Å². The fourth-order valence-corrected chi connectivity index (χ4v) is 4.37. The Morgan fingerprint density at radius 3 is 2.77 bits per heavy atom. The monoisotopic (exact) mass is 325 g/mol. The summed E-state index contributed by atoms with van der Waals surface area (Å²) in [4.78, 5) is 4.30. The van der Waals surface area contributed by atoms with E-state index in [4.69, 9.17) is 4.52 Å². The number of aryl methyl sites for hydroxylation is 2. The number of sulfonamides is 1. The van der Waals surface area contributed by atoms with Crippen LogP contribution in [-0.4, -0.2) is 36.0 Å². The van der Waals surface area contributed by atoms with Crippen molar-refractivity contribution in [2.45, 2.75) is 31.1 Å². The second-order valence-electron chi connectivity index (χ2n) is 5.44. The molecule has 0 saturated carbocycles. The number of halogens is 1. The van der Waals surface area contributed by atoms with Gasteiger partial charge in [0.25, 0.3) is 0 Å².